The number of rotatable bonds is 3. The summed E-state index contributed by atoms with van der Waals surface area (Å²) in [7, 11) is 0. The number of ether oxygens (including phenoxy) is 1. The zero-order chi connectivity index (χ0) is 10.7. The van der Waals surface area contributed by atoms with E-state index in [9.17, 15) is 0 Å². The first-order valence-electron chi connectivity index (χ1n) is 4.74. The average molecular weight is 203 g/mol. The van der Waals surface area contributed by atoms with Crippen LogP contribution < -0.4 is 10.5 Å². The van der Waals surface area contributed by atoms with Gasteiger partial charge in [-0.1, -0.05) is 18.2 Å². The highest BCUT2D eigenvalue weighted by atomic mass is 16.5. The van der Waals surface area contributed by atoms with Gasteiger partial charge in [0.2, 0.25) is 0 Å². The summed E-state index contributed by atoms with van der Waals surface area (Å²) < 4.78 is 5.61. The van der Waals surface area contributed by atoms with Crippen LogP contribution in [-0.4, -0.2) is 10.2 Å². The van der Waals surface area contributed by atoms with E-state index in [1.54, 1.807) is 6.07 Å². The lowest BCUT2D eigenvalue weighted by Crippen LogP contribution is -1.97. The van der Waals surface area contributed by atoms with Crippen LogP contribution >= 0.6 is 0 Å². The third kappa shape index (κ3) is 2.28. The molecule has 1 heterocycles. The smallest absolute Gasteiger partial charge is 0.145 e. The highest BCUT2D eigenvalue weighted by Crippen LogP contribution is 2.17. The number of nitrogens with two attached hydrogens (primary N) is 1. The van der Waals surface area contributed by atoms with Gasteiger partial charge in [-0.3, -0.25) is 5.10 Å². The molecule has 4 nitrogen and oxygen atoms in total. The fourth-order valence-electron chi connectivity index (χ4n) is 1.33. The Kier molecular flexibility index (Phi) is 2.58. The van der Waals surface area contributed by atoms with Crippen LogP contribution in [0.1, 0.15) is 11.3 Å². The third-order valence-corrected chi connectivity index (χ3v) is 2.13. The van der Waals surface area contributed by atoms with E-state index in [-0.39, 0.29) is 0 Å². The van der Waals surface area contributed by atoms with Gasteiger partial charge in [0.15, 0.2) is 0 Å². The Bertz CT molecular complexity index is 451. The van der Waals surface area contributed by atoms with Gasteiger partial charge in [-0.05, 0) is 18.6 Å². The van der Waals surface area contributed by atoms with Crippen molar-refractivity contribution in [3.8, 4) is 5.75 Å². The van der Waals surface area contributed by atoms with E-state index in [1.807, 2.05) is 31.2 Å². The molecule has 0 atom stereocenters. The maximum atomic E-state index is 5.61. The van der Waals surface area contributed by atoms with Crippen LogP contribution in [0.2, 0.25) is 0 Å². The summed E-state index contributed by atoms with van der Waals surface area (Å²) in [6.07, 6.45) is 0. The van der Waals surface area contributed by atoms with Crippen molar-refractivity contribution in [1.29, 1.82) is 0 Å². The largest absolute Gasteiger partial charge is 0.487 e. The lowest BCUT2D eigenvalue weighted by molar-refractivity contribution is 0.299. The third-order valence-electron chi connectivity index (χ3n) is 2.13. The van der Waals surface area contributed by atoms with Crippen LogP contribution in [0, 0.1) is 6.92 Å². The molecule has 0 amide bonds. The second-order valence-corrected chi connectivity index (χ2v) is 3.37. The van der Waals surface area contributed by atoms with Crippen LogP contribution in [0.25, 0.3) is 0 Å². The van der Waals surface area contributed by atoms with Crippen LogP contribution in [-0.2, 0) is 6.61 Å². The fourth-order valence-corrected chi connectivity index (χ4v) is 1.33. The molecule has 3 N–H and O–H groups in total. The molecule has 0 saturated carbocycles. The van der Waals surface area contributed by atoms with Crippen molar-refractivity contribution in [2.24, 2.45) is 0 Å². The summed E-state index contributed by atoms with van der Waals surface area (Å²) in [6, 6.07) is 9.64. The van der Waals surface area contributed by atoms with Crippen molar-refractivity contribution in [3.63, 3.8) is 0 Å². The van der Waals surface area contributed by atoms with Crippen molar-refractivity contribution < 1.29 is 4.74 Å². The highest BCUT2D eigenvalue weighted by Gasteiger charge is 2.00. The standard InChI is InChI=1S/C11H13N3O/c1-8-4-2-3-5-10(8)15-7-9-6-11(12)14-13-9/h2-6H,7H2,1H3,(H3,12,13,14). The number of para-hydroxylation sites is 1. The molecule has 0 aliphatic heterocycles. The van der Waals surface area contributed by atoms with Crippen LogP contribution in [0.15, 0.2) is 30.3 Å². The number of aromatic amines is 1. The molecule has 0 bridgehead atoms. The zero-order valence-corrected chi connectivity index (χ0v) is 8.53. The number of H-pyrrole nitrogens is 1. The Hall–Kier alpha value is -1.97. The van der Waals surface area contributed by atoms with Gasteiger partial charge in [-0.2, -0.15) is 5.10 Å². The van der Waals surface area contributed by atoms with Gasteiger partial charge in [0.25, 0.3) is 0 Å². The van der Waals surface area contributed by atoms with E-state index in [0.717, 1.165) is 17.0 Å². The Morgan fingerprint density at radius 2 is 2.20 bits per heavy atom. The summed E-state index contributed by atoms with van der Waals surface area (Å²) >= 11 is 0. The maximum absolute atomic E-state index is 5.61. The molecule has 0 fully saturated rings. The number of anilines is 1. The average Bonchev–Trinajstić information content (AvgIpc) is 2.63. The van der Waals surface area contributed by atoms with Gasteiger partial charge in [0.05, 0.1) is 5.69 Å². The number of benzene rings is 1. The van der Waals surface area contributed by atoms with Gasteiger partial charge in [0, 0.05) is 6.07 Å². The van der Waals surface area contributed by atoms with Crippen LogP contribution in [0.3, 0.4) is 0 Å². The minimum atomic E-state index is 0.453. The Labute approximate surface area is 88.1 Å². The van der Waals surface area contributed by atoms with Crippen molar-refractivity contribution in [3.05, 3.63) is 41.6 Å². The molecule has 0 aliphatic carbocycles. The number of nitrogens with zero attached hydrogens (tertiary/aromatic N) is 1. The number of hydrogen-bond acceptors (Lipinski definition) is 3. The van der Waals surface area contributed by atoms with Gasteiger partial charge in [-0.15, -0.1) is 0 Å². The topological polar surface area (TPSA) is 63.9 Å². The minimum absolute atomic E-state index is 0.453. The molecule has 0 saturated heterocycles. The molecule has 4 heteroatoms. The number of nitrogen functional groups attached to an aromatic ring is 1. The molecule has 2 aromatic rings. The van der Waals surface area contributed by atoms with Gasteiger partial charge >= 0.3 is 0 Å². The molecule has 0 radical (unpaired) electrons. The quantitative estimate of drug-likeness (QED) is 0.800. The summed E-state index contributed by atoms with van der Waals surface area (Å²) in [6.45, 7) is 2.46. The molecule has 15 heavy (non-hydrogen) atoms. The molecule has 2 rings (SSSR count). The first-order chi connectivity index (χ1) is 7.25. The summed E-state index contributed by atoms with van der Waals surface area (Å²) in [5.74, 6) is 1.36. The summed E-state index contributed by atoms with van der Waals surface area (Å²) in [4.78, 5) is 0. The van der Waals surface area contributed by atoms with E-state index in [0.29, 0.717) is 12.4 Å². The molecule has 78 valence electrons. The molecule has 1 aromatic heterocycles. The molecular formula is C11H13N3O. The van der Waals surface area contributed by atoms with Crippen LogP contribution in [0.5, 0.6) is 5.75 Å². The lowest BCUT2D eigenvalue weighted by Gasteiger charge is -2.06. The fraction of sp³-hybridized carbons (Fsp3) is 0.182. The van der Waals surface area contributed by atoms with Crippen LogP contribution in [0.4, 0.5) is 5.82 Å². The van der Waals surface area contributed by atoms with Crippen molar-refractivity contribution in [1.82, 2.24) is 10.2 Å². The molecule has 0 unspecified atom stereocenters. The lowest BCUT2D eigenvalue weighted by atomic mass is 10.2. The van der Waals surface area contributed by atoms with Gasteiger partial charge in [-0.25, -0.2) is 0 Å². The monoisotopic (exact) mass is 203 g/mol. The SMILES string of the molecule is Cc1ccccc1OCc1cc(N)n[nH]1. The molecule has 0 aliphatic rings. The van der Waals surface area contributed by atoms with E-state index < -0.39 is 0 Å². The van der Waals surface area contributed by atoms with Crippen molar-refractivity contribution in [2.75, 3.05) is 5.73 Å². The van der Waals surface area contributed by atoms with Crippen molar-refractivity contribution in [2.45, 2.75) is 13.5 Å². The maximum Gasteiger partial charge on any atom is 0.145 e. The van der Waals surface area contributed by atoms with E-state index in [4.69, 9.17) is 10.5 Å². The second-order valence-electron chi connectivity index (χ2n) is 3.37. The van der Waals surface area contributed by atoms with E-state index in [1.165, 1.54) is 0 Å². The van der Waals surface area contributed by atoms with Gasteiger partial charge < -0.3 is 10.5 Å². The number of aryl methyl sites for hydroxylation is 1. The predicted molar refractivity (Wildman–Crippen MR) is 58.5 cm³/mol. The predicted octanol–water partition coefficient (Wildman–Crippen LogP) is 1.88. The zero-order valence-electron chi connectivity index (χ0n) is 8.53. The second kappa shape index (κ2) is 4.04. The number of nitrogens with one attached hydrogen (secondary N) is 1. The molecule has 1 aromatic carbocycles. The molecule has 0 spiro atoms. The molecular weight excluding hydrogens is 190 g/mol. The normalized spacial score (nSPS) is 10.2. The first kappa shape index (κ1) is 9.58. The first-order valence-corrected chi connectivity index (χ1v) is 4.74. The summed E-state index contributed by atoms with van der Waals surface area (Å²) in [5.41, 5.74) is 7.47. The minimum Gasteiger partial charge on any atom is -0.487 e. The Balaban J connectivity index is 2.02. The number of aromatic nitrogens is 2. The van der Waals surface area contributed by atoms with E-state index in [2.05, 4.69) is 10.2 Å². The highest BCUT2D eigenvalue weighted by molar-refractivity contribution is 5.32. The van der Waals surface area contributed by atoms with Gasteiger partial charge in [0.1, 0.15) is 18.2 Å². The van der Waals surface area contributed by atoms with E-state index >= 15 is 0 Å². The summed E-state index contributed by atoms with van der Waals surface area (Å²) in [5, 5.41) is 6.62. The Morgan fingerprint density at radius 3 is 2.87 bits per heavy atom. The number of hydrogen-bond donors (Lipinski definition) is 2. The Morgan fingerprint density at radius 1 is 1.40 bits per heavy atom. The van der Waals surface area contributed by atoms with Crippen molar-refractivity contribution >= 4 is 5.82 Å².